The van der Waals surface area contributed by atoms with Gasteiger partial charge in [-0.2, -0.15) is 0 Å². The highest BCUT2D eigenvalue weighted by Gasteiger charge is 2.10. The molecule has 0 heterocycles. The molecule has 1 heteroatoms. The van der Waals surface area contributed by atoms with Gasteiger partial charge >= 0.3 is 0 Å². The standard InChI is InChI=1S/C17H26O/c1-4-7-8-9-10-17(18)16-13-14(5-2)11-12-15(16)6-3/h11-13H,4-10H2,1-3H3. The van der Waals surface area contributed by atoms with Gasteiger partial charge in [0, 0.05) is 12.0 Å². The Morgan fingerprint density at radius 2 is 1.78 bits per heavy atom. The van der Waals surface area contributed by atoms with Crippen LogP contribution in [-0.4, -0.2) is 5.78 Å². The van der Waals surface area contributed by atoms with E-state index in [0.717, 1.165) is 24.8 Å². The van der Waals surface area contributed by atoms with Crippen molar-refractivity contribution in [3.05, 3.63) is 34.9 Å². The lowest BCUT2D eigenvalue weighted by Crippen LogP contribution is -2.04. The van der Waals surface area contributed by atoms with Gasteiger partial charge in [0.05, 0.1) is 0 Å². The van der Waals surface area contributed by atoms with Crippen molar-refractivity contribution in [1.29, 1.82) is 0 Å². The third kappa shape index (κ3) is 4.29. The van der Waals surface area contributed by atoms with Crippen LogP contribution in [0.5, 0.6) is 0 Å². The van der Waals surface area contributed by atoms with Crippen LogP contribution >= 0.6 is 0 Å². The van der Waals surface area contributed by atoms with Crippen LogP contribution < -0.4 is 0 Å². The lowest BCUT2D eigenvalue weighted by molar-refractivity contribution is 0.0978. The first-order valence-corrected chi connectivity index (χ1v) is 7.37. The third-order valence-electron chi connectivity index (χ3n) is 3.52. The molecule has 18 heavy (non-hydrogen) atoms. The topological polar surface area (TPSA) is 17.1 Å². The fourth-order valence-electron chi connectivity index (χ4n) is 2.26. The predicted molar refractivity (Wildman–Crippen MR) is 78.3 cm³/mol. The molecule has 0 aliphatic carbocycles. The summed E-state index contributed by atoms with van der Waals surface area (Å²) < 4.78 is 0. The SMILES string of the molecule is CCCCCCC(=O)c1cc(CC)ccc1CC. The van der Waals surface area contributed by atoms with Gasteiger partial charge in [0.2, 0.25) is 0 Å². The van der Waals surface area contributed by atoms with Crippen molar-refractivity contribution in [3.63, 3.8) is 0 Å². The van der Waals surface area contributed by atoms with Gasteiger partial charge in [-0.1, -0.05) is 52.2 Å². The highest BCUT2D eigenvalue weighted by atomic mass is 16.1. The Labute approximate surface area is 112 Å². The zero-order valence-corrected chi connectivity index (χ0v) is 12.1. The molecule has 0 spiro atoms. The molecule has 1 aromatic rings. The minimum absolute atomic E-state index is 0.332. The molecule has 0 aromatic heterocycles. The minimum atomic E-state index is 0.332. The summed E-state index contributed by atoms with van der Waals surface area (Å²) in [6, 6.07) is 6.37. The number of unbranched alkanes of at least 4 members (excludes halogenated alkanes) is 3. The van der Waals surface area contributed by atoms with E-state index in [0.29, 0.717) is 12.2 Å². The molecule has 1 aromatic carbocycles. The number of benzene rings is 1. The smallest absolute Gasteiger partial charge is 0.163 e. The fraction of sp³-hybridized carbons (Fsp3) is 0.588. The number of ketones is 1. The summed E-state index contributed by atoms with van der Waals surface area (Å²) >= 11 is 0. The molecule has 0 aliphatic rings. The Morgan fingerprint density at radius 3 is 2.39 bits per heavy atom. The van der Waals surface area contributed by atoms with Gasteiger partial charge in [-0.25, -0.2) is 0 Å². The molecule has 1 nitrogen and oxygen atoms in total. The van der Waals surface area contributed by atoms with Gasteiger partial charge in [-0.05, 0) is 36.5 Å². The van der Waals surface area contributed by atoms with Crippen molar-refractivity contribution >= 4 is 5.78 Å². The van der Waals surface area contributed by atoms with Crippen molar-refractivity contribution in [2.24, 2.45) is 0 Å². The van der Waals surface area contributed by atoms with Gasteiger partial charge in [-0.15, -0.1) is 0 Å². The molecule has 0 saturated heterocycles. The van der Waals surface area contributed by atoms with E-state index >= 15 is 0 Å². The average molecular weight is 246 g/mol. The second-order valence-corrected chi connectivity index (χ2v) is 4.93. The van der Waals surface area contributed by atoms with Crippen LogP contribution in [0, 0.1) is 0 Å². The van der Waals surface area contributed by atoms with E-state index in [4.69, 9.17) is 0 Å². The zero-order chi connectivity index (χ0) is 13.4. The van der Waals surface area contributed by atoms with E-state index in [2.05, 4.69) is 39.0 Å². The fourth-order valence-corrected chi connectivity index (χ4v) is 2.26. The lowest BCUT2D eigenvalue weighted by atomic mass is 9.95. The Kier molecular flexibility index (Phi) is 6.70. The summed E-state index contributed by atoms with van der Waals surface area (Å²) in [6.07, 6.45) is 7.33. The monoisotopic (exact) mass is 246 g/mol. The average Bonchev–Trinajstić information content (AvgIpc) is 2.42. The molecule has 1 rings (SSSR count). The maximum atomic E-state index is 12.3. The molecule has 0 saturated carbocycles. The summed E-state index contributed by atoms with van der Waals surface area (Å²) in [4.78, 5) is 12.3. The molecule has 100 valence electrons. The summed E-state index contributed by atoms with van der Waals surface area (Å²) in [5, 5.41) is 0. The van der Waals surface area contributed by atoms with E-state index in [1.165, 1.54) is 30.4 Å². The van der Waals surface area contributed by atoms with Gasteiger partial charge < -0.3 is 0 Å². The van der Waals surface area contributed by atoms with Crippen molar-refractivity contribution in [1.82, 2.24) is 0 Å². The molecule has 0 bridgehead atoms. The summed E-state index contributed by atoms with van der Waals surface area (Å²) in [6.45, 7) is 6.45. The van der Waals surface area contributed by atoms with Crippen LogP contribution in [0.4, 0.5) is 0 Å². The molecule has 0 aliphatic heterocycles. The molecule has 0 radical (unpaired) electrons. The van der Waals surface area contributed by atoms with Gasteiger partial charge in [0.25, 0.3) is 0 Å². The third-order valence-corrected chi connectivity index (χ3v) is 3.52. The number of carbonyl (C=O) groups excluding carboxylic acids is 1. The van der Waals surface area contributed by atoms with Crippen LogP contribution in [0.25, 0.3) is 0 Å². The number of Topliss-reactive ketones (excluding diaryl/α,β-unsaturated/α-hetero) is 1. The molecule has 0 N–H and O–H groups in total. The number of aryl methyl sites for hydroxylation is 2. The zero-order valence-electron chi connectivity index (χ0n) is 12.1. The van der Waals surface area contributed by atoms with Crippen molar-refractivity contribution in [3.8, 4) is 0 Å². The molecular weight excluding hydrogens is 220 g/mol. The molecule has 0 atom stereocenters. The first-order valence-electron chi connectivity index (χ1n) is 7.37. The van der Waals surface area contributed by atoms with Crippen LogP contribution in [-0.2, 0) is 12.8 Å². The maximum absolute atomic E-state index is 12.3. The van der Waals surface area contributed by atoms with Crippen molar-refractivity contribution in [2.45, 2.75) is 65.7 Å². The van der Waals surface area contributed by atoms with E-state index in [1.807, 2.05) is 0 Å². The predicted octanol–water partition coefficient (Wildman–Crippen LogP) is 4.96. The van der Waals surface area contributed by atoms with E-state index in [1.54, 1.807) is 0 Å². The van der Waals surface area contributed by atoms with Crippen LogP contribution in [0.3, 0.4) is 0 Å². The first-order chi connectivity index (χ1) is 8.72. The summed E-state index contributed by atoms with van der Waals surface area (Å²) in [5.74, 6) is 0.332. The highest BCUT2D eigenvalue weighted by molar-refractivity contribution is 5.97. The number of rotatable bonds is 8. The lowest BCUT2D eigenvalue weighted by Gasteiger charge is -2.09. The van der Waals surface area contributed by atoms with Crippen LogP contribution in [0.1, 0.15) is 74.4 Å². The number of carbonyl (C=O) groups is 1. The maximum Gasteiger partial charge on any atom is 0.163 e. The van der Waals surface area contributed by atoms with Gasteiger partial charge in [0.15, 0.2) is 5.78 Å². The molecule has 0 amide bonds. The van der Waals surface area contributed by atoms with Gasteiger partial charge in [-0.3, -0.25) is 4.79 Å². The van der Waals surface area contributed by atoms with E-state index < -0.39 is 0 Å². The van der Waals surface area contributed by atoms with Crippen molar-refractivity contribution in [2.75, 3.05) is 0 Å². The minimum Gasteiger partial charge on any atom is -0.294 e. The van der Waals surface area contributed by atoms with Crippen LogP contribution in [0.15, 0.2) is 18.2 Å². The normalized spacial score (nSPS) is 10.6. The van der Waals surface area contributed by atoms with E-state index in [9.17, 15) is 4.79 Å². The second-order valence-electron chi connectivity index (χ2n) is 4.93. The quantitative estimate of drug-likeness (QED) is 0.468. The molecular formula is C17H26O. The Balaban J connectivity index is 2.70. The second kappa shape index (κ2) is 8.07. The summed E-state index contributed by atoms with van der Waals surface area (Å²) in [7, 11) is 0. The molecule has 0 fully saturated rings. The Bertz CT molecular complexity index is 379. The highest BCUT2D eigenvalue weighted by Crippen LogP contribution is 2.17. The molecule has 0 unspecified atom stereocenters. The summed E-state index contributed by atoms with van der Waals surface area (Å²) in [5.41, 5.74) is 3.44. The van der Waals surface area contributed by atoms with Gasteiger partial charge in [0.1, 0.15) is 0 Å². The van der Waals surface area contributed by atoms with E-state index in [-0.39, 0.29) is 0 Å². The first kappa shape index (κ1) is 14.9. The largest absolute Gasteiger partial charge is 0.294 e. The Hall–Kier alpha value is -1.11. The van der Waals surface area contributed by atoms with Crippen LogP contribution in [0.2, 0.25) is 0 Å². The number of hydrogen-bond acceptors (Lipinski definition) is 1. The Morgan fingerprint density at radius 1 is 1.00 bits per heavy atom. The van der Waals surface area contributed by atoms with Crippen molar-refractivity contribution < 1.29 is 4.79 Å². The number of hydrogen-bond donors (Lipinski definition) is 0.